The van der Waals surface area contributed by atoms with Crippen LogP contribution < -0.4 is 21.1 Å². The summed E-state index contributed by atoms with van der Waals surface area (Å²) in [5.41, 5.74) is 3.33. The molecule has 0 unspecified atom stereocenters. The van der Waals surface area contributed by atoms with Crippen molar-refractivity contribution in [1.29, 1.82) is 0 Å². The van der Waals surface area contributed by atoms with Gasteiger partial charge >= 0.3 is 0 Å². The number of aryl methyl sites for hydroxylation is 1. The lowest BCUT2D eigenvalue weighted by atomic mass is 10.1. The van der Waals surface area contributed by atoms with Gasteiger partial charge in [0.2, 0.25) is 11.5 Å². The van der Waals surface area contributed by atoms with Gasteiger partial charge in [0, 0.05) is 61.6 Å². The van der Waals surface area contributed by atoms with Gasteiger partial charge in [-0.1, -0.05) is 0 Å². The summed E-state index contributed by atoms with van der Waals surface area (Å²) >= 11 is 0. The number of carbonyl (C=O) groups is 2. The van der Waals surface area contributed by atoms with Crippen molar-refractivity contribution in [3.05, 3.63) is 63.6 Å². The van der Waals surface area contributed by atoms with Gasteiger partial charge in [-0.25, -0.2) is 4.98 Å². The molecule has 0 aliphatic carbocycles. The second-order valence-electron chi connectivity index (χ2n) is 8.91. The van der Waals surface area contributed by atoms with Gasteiger partial charge in [-0.15, -0.1) is 0 Å². The van der Waals surface area contributed by atoms with Crippen molar-refractivity contribution in [2.75, 3.05) is 56.2 Å². The molecule has 2 saturated heterocycles. The van der Waals surface area contributed by atoms with Crippen LogP contribution in [0, 0.1) is 6.92 Å². The normalized spacial score (nSPS) is 16.8. The van der Waals surface area contributed by atoms with E-state index >= 15 is 0 Å². The van der Waals surface area contributed by atoms with Crippen LogP contribution in [0.5, 0.6) is 0 Å². The SMILES string of the molecule is Cc1cc(=O)[nH]c2ccc(NC(=O)c3cc(CN4CCOCC4)cnc3N3CCNC(=O)C3)cc12. The van der Waals surface area contributed by atoms with Crippen molar-refractivity contribution in [2.45, 2.75) is 13.5 Å². The number of carbonyl (C=O) groups excluding carboxylic acids is 2. The summed E-state index contributed by atoms with van der Waals surface area (Å²) in [6.45, 7) is 6.79. The van der Waals surface area contributed by atoms with Gasteiger partial charge in [0.15, 0.2) is 0 Å². The first-order valence-electron chi connectivity index (χ1n) is 11.7. The number of pyridine rings is 2. The number of ether oxygens (including phenoxy) is 1. The molecule has 182 valence electrons. The zero-order valence-corrected chi connectivity index (χ0v) is 19.6. The highest BCUT2D eigenvalue weighted by Crippen LogP contribution is 2.24. The molecule has 3 aromatic rings. The molecule has 3 N–H and O–H groups in total. The van der Waals surface area contributed by atoms with Crippen molar-refractivity contribution in [3.8, 4) is 0 Å². The van der Waals surface area contributed by atoms with E-state index in [1.54, 1.807) is 18.3 Å². The van der Waals surface area contributed by atoms with Gasteiger partial charge in [-0.3, -0.25) is 19.3 Å². The van der Waals surface area contributed by atoms with Crippen molar-refractivity contribution in [2.24, 2.45) is 0 Å². The number of nitrogens with one attached hydrogen (secondary N) is 3. The van der Waals surface area contributed by atoms with Crippen LogP contribution >= 0.6 is 0 Å². The Morgan fingerprint density at radius 3 is 2.77 bits per heavy atom. The molecule has 10 nitrogen and oxygen atoms in total. The predicted molar refractivity (Wildman–Crippen MR) is 133 cm³/mol. The number of hydrogen-bond acceptors (Lipinski definition) is 7. The van der Waals surface area contributed by atoms with Crippen LogP contribution in [-0.4, -0.2) is 72.6 Å². The third kappa shape index (κ3) is 5.18. The van der Waals surface area contributed by atoms with E-state index in [1.165, 1.54) is 6.07 Å². The number of hydrogen-bond donors (Lipinski definition) is 3. The minimum Gasteiger partial charge on any atom is -0.379 e. The summed E-state index contributed by atoms with van der Waals surface area (Å²) in [7, 11) is 0. The van der Waals surface area contributed by atoms with Crippen molar-refractivity contribution < 1.29 is 14.3 Å². The fraction of sp³-hybridized carbons (Fsp3) is 0.360. The Balaban J connectivity index is 1.45. The Morgan fingerprint density at radius 2 is 1.97 bits per heavy atom. The molecule has 2 aliphatic rings. The molecule has 0 bridgehead atoms. The first-order valence-corrected chi connectivity index (χ1v) is 11.7. The van der Waals surface area contributed by atoms with Gasteiger partial charge in [0.1, 0.15) is 5.82 Å². The lowest BCUT2D eigenvalue weighted by Crippen LogP contribution is -2.48. The van der Waals surface area contributed by atoms with Crippen LogP contribution in [0.4, 0.5) is 11.5 Å². The summed E-state index contributed by atoms with van der Waals surface area (Å²) in [6, 6.07) is 8.78. The van der Waals surface area contributed by atoms with E-state index in [0.717, 1.165) is 29.6 Å². The van der Waals surface area contributed by atoms with Gasteiger partial charge in [0.25, 0.3) is 5.91 Å². The largest absolute Gasteiger partial charge is 0.379 e. The van der Waals surface area contributed by atoms with Crippen LogP contribution in [0.1, 0.15) is 21.5 Å². The zero-order valence-electron chi connectivity index (χ0n) is 19.6. The number of amides is 2. The lowest BCUT2D eigenvalue weighted by molar-refractivity contribution is -0.120. The van der Waals surface area contributed by atoms with Crippen LogP contribution in [0.15, 0.2) is 41.3 Å². The average molecular weight is 477 g/mol. The summed E-state index contributed by atoms with van der Waals surface area (Å²) in [4.78, 5) is 48.8. The molecular weight excluding hydrogens is 448 g/mol. The van der Waals surface area contributed by atoms with Gasteiger partial charge in [-0.2, -0.15) is 0 Å². The summed E-state index contributed by atoms with van der Waals surface area (Å²) in [6.07, 6.45) is 1.78. The minimum atomic E-state index is -0.302. The first kappa shape index (κ1) is 23.0. The van der Waals surface area contributed by atoms with E-state index in [2.05, 4.69) is 25.5 Å². The number of nitrogens with zero attached hydrogens (tertiary/aromatic N) is 3. The van der Waals surface area contributed by atoms with E-state index in [9.17, 15) is 14.4 Å². The van der Waals surface area contributed by atoms with Gasteiger partial charge in [-0.05, 0) is 42.3 Å². The van der Waals surface area contributed by atoms with E-state index in [1.807, 2.05) is 24.0 Å². The Hall–Kier alpha value is -3.76. The number of H-pyrrole nitrogens is 1. The van der Waals surface area contributed by atoms with Crippen LogP contribution in [0.25, 0.3) is 10.9 Å². The Kier molecular flexibility index (Phi) is 6.47. The monoisotopic (exact) mass is 476 g/mol. The number of benzene rings is 1. The smallest absolute Gasteiger partial charge is 0.259 e. The number of aromatic amines is 1. The standard InChI is InChI=1S/C25H28N6O4/c1-16-10-22(32)29-21-3-2-18(12-19(16)21)28-25(34)20-11-17(14-30-6-8-35-9-7-30)13-27-24(20)31-5-4-26-23(33)15-31/h2-3,10-13H,4-9,14-15H2,1H3,(H,26,33)(H,28,34)(H,29,32). The Bertz CT molecular complexity index is 1330. The summed E-state index contributed by atoms with van der Waals surface area (Å²) in [5, 5.41) is 6.65. The Labute approximate surface area is 202 Å². The van der Waals surface area contributed by atoms with E-state index in [4.69, 9.17) is 4.74 Å². The molecule has 2 fully saturated rings. The third-order valence-electron chi connectivity index (χ3n) is 6.32. The number of morpholine rings is 1. The molecule has 2 amide bonds. The second-order valence-corrected chi connectivity index (χ2v) is 8.91. The minimum absolute atomic E-state index is 0.0965. The van der Waals surface area contributed by atoms with Crippen LogP contribution in [0.3, 0.4) is 0 Å². The lowest BCUT2D eigenvalue weighted by Gasteiger charge is -2.30. The number of aromatic nitrogens is 2. The summed E-state index contributed by atoms with van der Waals surface area (Å²) in [5.74, 6) is 0.0916. The molecule has 4 heterocycles. The number of anilines is 2. The molecule has 2 aliphatic heterocycles. The second kappa shape index (κ2) is 9.85. The predicted octanol–water partition coefficient (Wildman–Crippen LogP) is 1.25. The number of rotatable bonds is 5. The molecule has 1 aromatic carbocycles. The van der Waals surface area contributed by atoms with Crippen LogP contribution in [-0.2, 0) is 16.1 Å². The molecule has 5 rings (SSSR count). The fourth-order valence-electron chi connectivity index (χ4n) is 4.54. The quantitative estimate of drug-likeness (QED) is 0.507. The Morgan fingerprint density at radius 1 is 1.14 bits per heavy atom. The zero-order chi connectivity index (χ0) is 24.4. The van der Waals surface area contributed by atoms with Crippen LogP contribution in [0.2, 0.25) is 0 Å². The van der Waals surface area contributed by atoms with Crippen molar-refractivity contribution in [1.82, 2.24) is 20.2 Å². The molecular formula is C25H28N6O4. The molecule has 2 aromatic heterocycles. The highest BCUT2D eigenvalue weighted by atomic mass is 16.5. The summed E-state index contributed by atoms with van der Waals surface area (Å²) < 4.78 is 5.43. The van der Waals surface area contributed by atoms with E-state index < -0.39 is 0 Å². The third-order valence-corrected chi connectivity index (χ3v) is 6.32. The van der Waals surface area contributed by atoms with Crippen molar-refractivity contribution in [3.63, 3.8) is 0 Å². The molecule has 35 heavy (non-hydrogen) atoms. The topological polar surface area (TPSA) is 120 Å². The fourth-order valence-corrected chi connectivity index (χ4v) is 4.54. The molecule has 0 saturated carbocycles. The maximum Gasteiger partial charge on any atom is 0.259 e. The maximum atomic E-state index is 13.5. The number of fused-ring (bicyclic) bond motifs is 1. The van der Waals surface area contributed by atoms with Gasteiger partial charge < -0.3 is 25.3 Å². The molecule has 0 radical (unpaired) electrons. The maximum absolute atomic E-state index is 13.5. The highest BCUT2D eigenvalue weighted by Gasteiger charge is 2.24. The molecule has 10 heteroatoms. The number of piperazine rings is 1. The van der Waals surface area contributed by atoms with Gasteiger partial charge in [0.05, 0.1) is 25.3 Å². The van der Waals surface area contributed by atoms with E-state index in [-0.39, 0.29) is 23.9 Å². The highest BCUT2D eigenvalue weighted by molar-refractivity contribution is 6.08. The molecule has 0 spiro atoms. The van der Waals surface area contributed by atoms with Crippen molar-refractivity contribution >= 4 is 34.2 Å². The van der Waals surface area contributed by atoms with E-state index in [0.29, 0.717) is 55.4 Å². The first-order chi connectivity index (χ1) is 17.0. The average Bonchev–Trinajstić information content (AvgIpc) is 2.85. The molecule has 0 atom stereocenters.